The monoisotopic (exact) mass is 378 g/mol. The van der Waals surface area contributed by atoms with Gasteiger partial charge in [0.15, 0.2) is 5.76 Å². The number of hydrogen-bond acceptors (Lipinski definition) is 4. The maximum atomic E-state index is 13.4. The molecule has 0 spiro atoms. The van der Waals surface area contributed by atoms with Crippen LogP contribution >= 0.6 is 0 Å². The van der Waals surface area contributed by atoms with Crippen molar-refractivity contribution in [3.63, 3.8) is 0 Å². The molecule has 0 aliphatic carbocycles. The highest BCUT2D eigenvalue weighted by Gasteiger charge is 2.26. The molecular formula is C22H22N2O4. The lowest BCUT2D eigenvalue weighted by Crippen LogP contribution is -2.40. The SMILES string of the molecule is O=C(O)CCC1CCCN(C(=O)c2cc(-c3ccco3)nc3ccccc23)C1. The molecule has 28 heavy (non-hydrogen) atoms. The molecule has 144 valence electrons. The summed E-state index contributed by atoms with van der Waals surface area (Å²) in [6.45, 7) is 1.29. The standard InChI is InChI=1S/C22H22N2O4/c25-21(26)10-9-15-5-3-11-24(14-15)22(27)17-13-19(20-8-4-12-28-20)23-18-7-2-1-6-16(17)18/h1-2,4,6-8,12-13,15H,3,5,9-11,14H2,(H,25,26). The molecule has 6 heteroatoms. The van der Waals surface area contributed by atoms with Crippen LogP contribution in [0.2, 0.25) is 0 Å². The second-order valence-corrected chi connectivity index (χ2v) is 7.24. The summed E-state index contributed by atoms with van der Waals surface area (Å²) >= 11 is 0. The Morgan fingerprint density at radius 2 is 2.07 bits per heavy atom. The molecule has 1 aromatic carbocycles. The van der Waals surface area contributed by atoms with E-state index in [0.29, 0.717) is 36.5 Å². The number of amides is 1. The first-order valence-corrected chi connectivity index (χ1v) is 9.56. The number of piperidine rings is 1. The van der Waals surface area contributed by atoms with E-state index in [2.05, 4.69) is 4.98 Å². The van der Waals surface area contributed by atoms with Crippen molar-refractivity contribution >= 4 is 22.8 Å². The second kappa shape index (κ2) is 7.84. The molecule has 1 aliphatic rings. The quantitative estimate of drug-likeness (QED) is 0.719. The lowest BCUT2D eigenvalue weighted by atomic mass is 9.92. The summed E-state index contributed by atoms with van der Waals surface area (Å²) in [4.78, 5) is 30.7. The third-order valence-corrected chi connectivity index (χ3v) is 5.29. The summed E-state index contributed by atoms with van der Waals surface area (Å²) in [5.41, 5.74) is 1.99. The molecule has 1 saturated heterocycles. The van der Waals surface area contributed by atoms with E-state index in [0.717, 1.165) is 23.7 Å². The van der Waals surface area contributed by atoms with E-state index < -0.39 is 5.97 Å². The predicted octanol–water partition coefficient (Wildman–Crippen LogP) is 4.21. The Labute approximate surface area is 162 Å². The van der Waals surface area contributed by atoms with Crippen molar-refractivity contribution in [2.75, 3.05) is 13.1 Å². The van der Waals surface area contributed by atoms with Crippen LogP contribution in [0.15, 0.2) is 53.1 Å². The zero-order valence-electron chi connectivity index (χ0n) is 15.5. The van der Waals surface area contributed by atoms with E-state index in [-0.39, 0.29) is 18.2 Å². The summed E-state index contributed by atoms with van der Waals surface area (Å²) in [6.07, 6.45) is 4.20. The topological polar surface area (TPSA) is 83.6 Å². The number of nitrogens with zero attached hydrogens (tertiary/aromatic N) is 2. The number of furan rings is 1. The van der Waals surface area contributed by atoms with Crippen molar-refractivity contribution < 1.29 is 19.1 Å². The molecule has 4 rings (SSSR count). The summed E-state index contributed by atoms with van der Waals surface area (Å²) < 4.78 is 5.48. The smallest absolute Gasteiger partial charge is 0.303 e. The molecule has 1 aliphatic heterocycles. The van der Waals surface area contributed by atoms with Crippen molar-refractivity contribution in [1.29, 1.82) is 0 Å². The number of para-hydroxylation sites is 1. The number of pyridine rings is 1. The van der Waals surface area contributed by atoms with Gasteiger partial charge in [0, 0.05) is 24.9 Å². The molecule has 3 aromatic rings. The number of fused-ring (bicyclic) bond motifs is 1. The molecular weight excluding hydrogens is 356 g/mol. The van der Waals surface area contributed by atoms with Crippen molar-refractivity contribution in [3.8, 4) is 11.5 Å². The molecule has 0 bridgehead atoms. The van der Waals surface area contributed by atoms with Gasteiger partial charge in [-0.25, -0.2) is 4.98 Å². The highest BCUT2D eigenvalue weighted by molar-refractivity contribution is 6.07. The summed E-state index contributed by atoms with van der Waals surface area (Å²) in [5, 5.41) is 9.76. The van der Waals surface area contributed by atoms with Gasteiger partial charge in [-0.1, -0.05) is 18.2 Å². The summed E-state index contributed by atoms with van der Waals surface area (Å²) in [7, 11) is 0. The van der Waals surface area contributed by atoms with E-state index in [4.69, 9.17) is 9.52 Å². The van der Waals surface area contributed by atoms with E-state index >= 15 is 0 Å². The molecule has 3 heterocycles. The third-order valence-electron chi connectivity index (χ3n) is 5.29. The molecule has 1 N–H and O–H groups in total. The van der Waals surface area contributed by atoms with Crippen molar-refractivity contribution in [2.45, 2.75) is 25.7 Å². The average Bonchev–Trinajstić information content (AvgIpc) is 3.26. The minimum atomic E-state index is -0.785. The highest BCUT2D eigenvalue weighted by Crippen LogP contribution is 2.28. The van der Waals surface area contributed by atoms with Gasteiger partial charge in [0.1, 0.15) is 5.69 Å². The number of aliphatic carboxylic acids is 1. The Hall–Kier alpha value is -3.15. The molecule has 1 atom stereocenters. The first-order valence-electron chi connectivity index (χ1n) is 9.56. The van der Waals surface area contributed by atoms with Crippen molar-refractivity contribution in [3.05, 3.63) is 54.3 Å². The number of likely N-dealkylation sites (tertiary alicyclic amines) is 1. The average molecular weight is 378 g/mol. The first-order chi connectivity index (χ1) is 13.6. The Kier molecular flexibility index (Phi) is 5.10. The molecule has 6 nitrogen and oxygen atoms in total. The Morgan fingerprint density at radius 1 is 1.21 bits per heavy atom. The number of carboxylic acids is 1. The van der Waals surface area contributed by atoms with E-state index in [1.165, 1.54) is 0 Å². The van der Waals surface area contributed by atoms with Gasteiger partial charge in [0.2, 0.25) is 0 Å². The van der Waals surface area contributed by atoms with Gasteiger partial charge in [-0.15, -0.1) is 0 Å². The van der Waals surface area contributed by atoms with Crippen molar-refractivity contribution in [2.24, 2.45) is 5.92 Å². The fraction of sp³-hybridized carbons (Fsp3) is 0.318. The van der Waals surface area contributed by atoms with Gasteiger partial charge >= 0.3 is 5.97 Å². The first kappa shape index (κ1) is 18.2. The number of rotatable bonds is 5. The van der Waals surface area contributed by atoms with Crippen LogP contribution in [-0.4, -0.2) is 40.0 Å². The molecule has 1 amide bonds. The maximum Gasteiger partial charge on any atom is 0.303 e. The highest BCUT2D eigenvalue weighted by atomic mass is 16.4. The van der Waals surface area contributed by atoms with E-state index in [9.17, 15) is 9.59 Å². The lowest BCUT2D eigenvalue weighted by molar-refractivity contribution is -0.137. The van der Waals surface area contributed by atoms with Gasteiger partial charge < -0.3 is 14.4 Å². The van der Waals surface area contributed by atoms with Crippen LogP contribution in [0.1, 0.15) is 36.0 Å². The number of carboxylic acid groups (broad SMARTS) is 1. The van der Waals surface area contributed by atoms with Gasteiger partial charge in [-0.05, 0) is 49.4 Å². The number of carbonyl (C=O) groups is 2. The molecule has 0 radical (unpaired) electrons. The number of hydrogen-bond donors (Lipinski definition) is 1. The molecule has 1 fully saturated rings. The van der Waals surface area contributed by atoms with Crippen LogP contribution < -0.4 is 0 Å². The van der Waals surface area contributed by atoms with Crippen LogP contribution in [0.5, 0.6) is 0 Å². The van der Waals surface area contributed by atoms with Crippen LogP contribution in [-0.2, 0) is 4.79 Å². The van der Waals surface area contributed by atoms with Gasteiger partial charge in [0.05, 0.1) is 17.3 Å². The van der Waals surface area contributed by atoms with Crippen LogP contribution in [0.4, 0.5) is 0 Å². The number of benzene rings is 1. The van der Waals surface area contributed by atoms with Crippen LogP contribution in [0, 0.1) is 5.92 Å². The predicted molar refractivity (Wildman–Crippen MR) is 105 cm³/mol. The molecule has 0 saturated carbocycles. The van der Waals surface area contributed by atoms with Gasteiger partial charge in [0.25, 0.3) is 5.91 Å². The Morgan fingerprint density at radius 3 is 2.86 bits per heavy atom. The zero-order valence-corrected chi connectivity index (χ0v) is 15.5. The minimum absolute atomic E-state index is 0.0357. The summed E-state index contributed by atoms with van der Waals surface area (Å²) in [5.74, 6) is 0.0299. The fourth-order valence-electron chi connectivity index (χ4n) is 3.89. The van der Waals surface area contributed by atoms with Crippen LogP contribution in [0.25, 0.3) is 22.4 Å². The molecule has 1 unspecified atom stereocenters. The Balaban J connectivity index is 1.65. The van der Waals surface area contributed by atoms with Gasteiger partial charge in [-0.2, -0.15) is 0 Å². The zero-order chi connectivity index (χ0) is 19.5. The normalized spacial score (nSPS) is 17.0. The van der Waals surface area contributed by atoms with Gasteiger partial charge in [-0.3, -0.25) is 9.59 Å². The van der Waals surface area contributed by atoms with E-state index in [1.54, 1.807) is 18.4 Å². The van der Waals surface area contributed by atoms with Crippen LogP contribution in [0.3, 0.4) is 0 Å². The Bertz CT molecular complexity index is 997. The maximum absolute atomic E-state index is 13.4. The third kappa shape index (κ3) is 3.76. The van der Waals surface area contributed by atoms with E-state index in [1.807, 2.05) is 35.2 Å². The number of aromatic nitrogens is 1. The summed E-state index contributed by atoms with van der Waals surface area (Å²) in [6, 6.07) is 13.0. The lowest BCUT2D eigenvalue weighted by Gasteiger charge is -2.33. The van der Waals surface area contributed by atoms with Crippen molar-refractivity contribution in [1.82, 2.24) is 9.88 Å². The minimum Gasteiger partial charge on any atom is -0.481 e. The number of carbonyl (C=O) groups excluding carboxylic acids is 1. The second-order valence-electron chi connectivity index (χ2n) is 7.24. The fourth-order valence-corrected chi connectivity index (χ4v) is 3.89. The molecule has 2 aromatic heterocycles. The largest absolute Gasteiger partial charge is 0.481 e.